The highest BCUT2D eigenvalue weighted by Crippen LogP contribution is 2.46. The van der Waals surface area contributed by atoms with Crippen molar-refractivity contribution in [3.8, 4) is 0 Å². The normalized spacial score (nSPS) is 27.6. The number of aromatic nitrogens is 1. The van der Waals surface area contributed by atoms with E-state index in [-0.39, 0.29) is 18.7 Å². The van der Waals surface area contributed by atoms with Crippen molar-refractivity contribution in [2.75, 3.05) is 26.2 Å². The number of carboxylic acid groups (broad SMARTS) is 1. The van der Waals surface area contributed by atoms with Gasteiger partial charge in [0.05, 0.1) is 12.6 Å². The Morgan fingerprint density at radius 2 is 1.91 bits per heavy atom. The summed E-state index contributed by atoms with van der Waals surface area (Å²) in [6, 6.07) is 3.50. The lowest BCUT2D eigenvalue weighted by Gasteiger charge is -2.39. The predicted molar refractivity (Wildman–Crippen MR) is 113 cm³/mol. The first-order chi connectivity index (χ1) is 15.7. The molecule has 3 atom stereocenters. The second-order valence-electron chi connectivity index (χ2n) is 8.96. The number of sulfonamides is 1. The molecule has 4 rings (SSSR count). The number of rotatable bonds is 4. The van der Waals surface area contributed by atoms with Gasteiger partial charge in [0.2, 0.25) is 10.0 Å². The Morgan fingerprint density at radius 1 is 1.29 bits per heavy atom. The van der Waals surface area contributed by atoms with Crippen LogP contribution < -0.4 is 5.32 Å². The molecule has 10 nitrogen and oxygen atoms in total. The Morgan fingerprint density at radius 3 is 2.47 bits per heavy atom. The lowest BCUT2D eigenvalue weighted by molar-refractivity contribution is -0.192. The number of urea groups is 1. The molecule has 0 saturated carbocycles. The number of pyridine rings is 1. The third kappa shape index (κ3) is 5.61. The van der Waals surface area contributed by atoms with Gasteiger partial charge in [-0.3, -0.25) is 4.98 Å². The first-order valence-corrected chi connectivity index (χ1v) is 12.1. The lowest BCUT2D eigenvalue weighted by Crippen LogP contribution is -2.58. The summed E-state index contributed by atoms with van der Waals surface area (Å²) < 4.78 is 65.6. The number of alkyl halides is 3. The number of aliphatic carboxylic acids is 1. The summed E-state index contributed by atoms with van der Waals surface area (Å²) in [5.41, 5.74) is 0.0630. The van der Waals surface area contributed by atoms with Crippen molar-refractivity contribution in [1.29, 1.82) is 0 Å². The van der Waals surface area contributed by atoms with E-state index in [0.717, 1.165) is 5.56 Å². The van der Waals surface area contributed by atoms with Gasteiger partial charge in [0.25, 0.3) is 0 Å². The van der Waals surface area contributed by atoms with Gasteiger partial charge in [-0.05, 0) is 30.0 Å². The van der Waals surface area contributed by atoms with Gasteiger partial charge >= 0.3 is 18.2 Å². The lowest BCUT2D eigenvalue weighted by atomic mass is 9.99. The van der Waals surface area contributed by atoms with Crippen LogP contribution in [-0.2, 0) is 26.1 Å². The zero-order valence-electron chi connectivity index (χ0n) is 18.7. The zero-order chi connectivity index (χ0) is 25.3. The number of halogens is 3. The fourth-order valence-corrected chi connectivity index (χ4v) is 6.63. The number of carbonyl (C=O) groups excluding carboxylic acids is 1. The molecule has 4 heterocycles. The molecule has 3 fully saturated rings. The first-order valence-electron chi connectivity index (χ1n) is 10.6. The Hall–Kier alpha value is -2.45. The second-order valence-corrected chi connectivity index (χ2v) is 11.1. The number of hydrogen-bond acceptors (Lipinski definition) is 6. The van der Waals surface area contributed by atoms with E-state index in [9.17, 15) is 26.4 Å². The van der Waals surface area contributed by atoms with Gasteiger partial charge < -0.3 is 20.1 Å². The summed E-state index contributed by atoms with van der Waals surface area (Å²) in [6.07, 6.45) is -1.54. The van der Waals surface area contributed by atoms with Gasteiger partial charge in [0, 0.05) is 38.6 Å². The van der Waals surface area contributed by atoms with Crippen molar-refractivity contribution >= 4 is 22.0 Å². The molecule has 0 aromatic carbocycles. The Bertz CT molecular complexity index is 1010. The van der Waals surface area contributed by atoms with E-state index in [2.05, 4.69) is 10.3 Å². The van der Waals surface area contributed by atoms with E-state index < -0.39 is 33.0 Å². The molecular weight excluding hydrogens is 481 g/mol. The van der Waals surface area contributed by atoms with Crippen molar-refractivity contribution in [2.45, 2.75) is 49.9 Å². The minimum atomic E-state index is -5.08. The van der Waals surface area contributed by atoms with Crippen LogP contribution in [0.15, 0.2) is 24.5 Å². The van der Waals surface area contributed by atoms with Crippen LogP contribution in [0.3, 0.4) is 0 Å². The van der Waals surface area contributed by atoms with E-state index in [1.165, 1.54) is 4.31 Å². The molecule has 1 spiro atoms. The van der Waals surface area contributed by atoms with Gasteiger partial charge in [0.1, 0.15) is 10.9 Å². The molecule has 0 unspecified atom stereocenters. The average Bonchev–Trinajstić information content (AvgIpc) is 3.11. The number of hydrogen-bond donors (Lipinski definition) is 2. The van der Waals surface area contributed by atoms with Crippen molar-refractivity contribution < 1.29 is 41.0 Å². The number of likely N-dealkylation sites (tertiary alicyclic amines) is 1. The van der Waals surface area contributed by atoms with Crippen molar-refractivity contribution in [3.63, 3.8) is 0 Å². The van der Waals surface area contributed by atoms with E-state index in [1.54, 1.807) is 17.3 Å². The SMILES string of the molecule is CC(C)CNC(=O)N1C[C@H]2C[C@H]3[C@](C1)(CN(Cc1ccncc1)S3(=O)=O)O2.O=C(O)C(F)(F)F. The van der Waals surface area contributed by atoms with E-state index in [4.69, 9.17) is 14.6 Å². The number of carbonyl (C=O) groups is 2. The van der Waals surface area contributed by atoms with Crippen LogP contribution in [0.1, 0.15) is 25.8 Å². The fraction of sp³-hybridized carbons (Fsp3) is 0.650. The molecule has 2 amide bonds. The highest BCUT2D eigenvalue weighted by atomic mass is 32.2. The maximum Gasteiger partial charge on any atom is 0.490 e. The number of nitrogens with one attached hydrogen (secondary N) is 1. The number of carboxylic acids is 1. The standard InChI is InChI=1S/C18H26N4O4S.C2HF3O2/c1-13(2)8-20-17(23)21-10-15-7-16-18(11-21,26-15)12-22(27(16,24)25)9-14-3-5-19-6-4-14;3-2(4,5)1(6)7/h3-6,13,15-16H,7-12H2,1-2H3,(H,20,23);(H,6,7)/t15-,16+,18+;/m1./s1. The predicted octanol–water partition coefficient (Wildman–Crippen LogP) is 1.44. The molecule has 2 N–H and O–H groups in total. The molecule has 14 heteroatoms. The van der Waals surface area contributed by atoms with Crippen LogP contribution in [-0.4, -0.2) is 89.0 Å². The van der Waals surface area contributed by atoms with Gasteiger partial charge in [-0.2, -0.15) is 17.5 Å². The van der Waals surface area contributed by atoms with Crippen LogP contribution in [0.2, 0.25) is 0 Å². The maximum absolute atomic E-state index is 13.1. The monoisotopic (exact) mass is 508 g/mol. The van der Waals surface area contributed by atoms with Crippen LogP contribution in [0.5, 0.6) is 0 Å². The summed E-state index contributed by atoms with van der Waals surface area (Å²) in [5.74, 6) is -2.40. The number of nitrogens with zero attached hydrogens (tertiary/aromatic N) is 3. The summed E-state index contributed by atoms with van der Waals surface area (Å²) in [5, 5.41) is 9.47. The van der Waals surface area contributed by atoms with Crippen LogP contribution in [0.25, 0.3) is 0 Å². The summed E-state index contributed by atoms with van der Waals surface area (Å²) in [4.78, 5) is 27.1. The van der Waals surface area contributed by atoms with E-state index in [0.29, 0.717) is 38.5 Å². The molecule has 2 bridgehead atoms. The Kier molecular flexibility index (Phi) is 7.43. The molecular formula is C20H27F3N4O6S. The largest absolute Gasteiger partial charge is 0.490 e. The fourth-order valence-electron chi connectivity index (χ4n) is 4.34. The number of fused-ring (bicyclic) bond motifs is 1. The number of ether oxygens (including phenoxy) is 1. The Balaban J connectivity index is 0.000000406. The quantitative estimate of drug-likeness (QED) is 0.630. The summed E-state index contributed by atoms with van der Waals surface area (Å²) >= 11 is 0. The van der Waals surface area contributed by atoms with E-state index >= 15 is 0 Å². The third-order valence-electron chi connectivity index (χ3n) is 5.81. The maximum atomic E-state index is 13.1. The van der Waals surface area contributed by atoms with Crippen LogP contribution in [0, 0.1) is 5.92 Å². The third-order valence-corrected chi connectivity index (χ3v) is 8.13. The summed E-state index contributed by atoms with van der Waals surface area (Å²) in [6.45, 7) is 6.02. The molecule has 0 radical (unpaired) electrons. The second kappa shape index (κ2) is 9.66. The first kappa shape index (κ1) is 26.2. The molecule has 190 valence electrons. The average molecular weight is 509 g/mol. The van der Waals surface area contributed by atoms with Crippen molar-refractivity contribution in [3.05, 3.63) is 30.1 Å². The molecule has 3 saturated heterocycles. The van der Waals surface area contributed by atoms with Gasteiger partial charge in [-0.15, -0.1) is 0 Å². The van der Waals surface area contributed by atoms with E-state index in [1.807, 2.05) is 26.0 Å². The van der Waals surface area contributed by atoms with Gasteiger partial charge in [-0.25, -0.2) is 18.0 Å². The number of amides is 2. The van der Waals surface area contributed by atoms with Crippen molar-refractivity contribution in [1.82, 2.24) is 19.5 Å². The molecule has 3 aliphatic heterocycles. The topological polar surface area (TPSA) is 129 Å². The summed E-state index contributed by atoms with van der Waals surface area (Å²) in [7, 11) is -3.47. The number of morpholine rings is 1. The van der Waals surface area contributed by atoms with Gasteiger partial charge in [0.15, 0.2) is 0 Å². The highest BCUT2D eigenvalue weighted by molar-refractivity contribution is 7.90. The van der Waals surface area contributed by atoms with Gasteiger partial charge in [-0.1, -0.05) is 13.8 Å². The van der Waals surface area contributed by atoms with Crippen LogP contribution >= 0.6 is 0 Å². The molecule has 0 aliphatic carbocycles. The highest BCUT2D eigenvalue weighted by Gasteiger charge is 2.65. The molecule has 34 heavy (non-hydrogen) atoms. The molecule has 1 aromatic rings. The Labute approximate surface area is 195 Å². The molecule has 1 aromatic heterocycles. The van der Waals surface area contributed by atoms with Crippen LogP contribution in [0.4, 0.5) is 18.0 Å². The molecule has 3 aliphatic rings. The zero-order valence-corrected chi connectivity index (χ0v) is 19.5. The smallest absolute Gasteiger partial charge is 0.475 e. The van der Waals surface area contributed by atoms with Crippen molar-refractivity contribution in [2.24, 2.45) is 5.92 Å². The minimum Gasteiger partial charge on any atom is -0.475 e. The minimum absolute atomic E-state index is 0.137.